The summed E-state index contributed by atoms with van der Waals surface area (Å²) in [5, 5.41) is 0. The van der Waals surface area contributed by atoms with Crippen molar-refractivity contribution in [3.8, 4) is 0 Å². The normalized spacial score (nSPS) is 16.8. The molecule has 0 saturated carbocycles. The molecular weight excluding hydrogens is 404 g/mol. The molecule has 1 heterocycles. The molecule has 2 rings (SSSR count). The van der Waals surface area contributed by atoms with Crippen LogP contribution >= 0.6 is 0 Å². The third kappa shape index (κ3) is 7.70. The second-order valence-corrected chi connectivity index (χ2v) is 10.2. The molecule has 0 atom stereocenters. The van der Waals surface area contributed by atoms with Crippen molar-refractivity contribution in [1.29, 1.82) is 0 Å². The summed E-state index contributed by atoms with van der Waals surface area (Å²) in [5.74, 6) is 0.0459. The summed E-state index contributed by atoms with van der Waals surface area (Å²) >= 11 is 0. The van der Waals surface area contributed by atoms with Crippen molar-refractivity contribution in [2.45, 2.75) is 33.2 Å². The Bertz CT molecular complexity index is 841. The van der Waals surface area contributed by atoms with E-state index in [2.05, 4.69) is 9.62 Å². The highest BCUT2D eigenvalue weighted by Gasteiger charge is 2.23. The Morgan fingerprint density at radius 2 is 1.77 bits per heavy atom. The van der Waals surface area contributed by atoms with Gasteiger partial charge >= 0.3 is 0 Å². The van der Waals surface area contributed by atoms with Gasteiger partial charge in [0, 0.05) is 38.3 Å². The van der Waals surface area contributed by atoms with Crippen LogP contribution in [0.1, 0.15) is 32.3 Å². The number of likely N-dealkylation sites (N-methyl/N-ethyl adjacent to an activating group) is 1. The maximum absolute atomic E-state index is 13.0. The monoisotopic (exact) mass is 438 g/mol. The third-order valence-electron chi connectivity index (χ3n) is 5.04. The maximum Gasteiger partial charge on any atom is 0.237 e. The van der Waals surface area contributed by atoms with Gasteiger partial charge in [-0.3, -0.25) is 9.59 Å². The van der Waals surface area contributed by atoms with Gasteiger partial charge in [-0.15, -0.1) is 0 Å². The van der Waals surface area contributed by atoms with Crippen molar-refractivity contribution in [2.24, 2.45) is 5.92 Å². The topological polar surface area (TPSA) is 90.0 Å². The number of carbonyl (C=O) groups is 2. The van der Waals surface area contributed by atoms with E-state index in [1.165, 1.54) is 0 Å². The van der Waals surface area contributed by atoms with Gasteiger partial charge < -0.3 is 14.7 Å². The molecule has 0 saturated heterocycles. The first-order chi connectivity index (χ1) is 14.1. The summed E-state index contributed by atoms with van der Waals surface area (Å²) in [4.78, 5) is 31.4. The van der Waals surface area contributed by atoms with Gasteiger partial charge in [0.1, 0.15) is 0 Å². The lowest BCUT2D eigenvalue weighted by Gasteiger charge is -2.28. The number of hydrogen-bond acceptors (Lipinski definition) is 5. The van der Waals surface area contributed by atoms with E-state index < -0.39 is 10.0 Å². The molecule has 0 fully saturated rings. The number of para-hydroxylation sites is 1. The van der Waals surface area contributed by atoms with E-state index in [4.69, 9.17) is 0 Å². The van der Waals surface area contributed by atoms with Gasteiger partial charge in [-0.1, -0.05) is 32.0 Å². The Hall–Kier alpha value is -1.97. The van der Waals surface area contributed by atoms with Crippen molar-refractivity contribution in [1.82, 2.24) is 14.5 Å². The van der Waals surface area contributed by atoms with Crippen molar-refractivity contribution in [3.63, 3.8) is 0 Å². The quantitative estimate of drug-likeness (QED) is 0.748. The highest BCUT2D eigenvalue weighted by atomic mass is 32.2. The summed E-state index contributed by atoms with van der Waals surface area (Å²) in [6.07, 6.45) is 2.33. The molecule has 0 aliphatic carbocycles. The number of benzene rings is 1. The summed E-state index contributed by atoms with van der Waals surface area (Å²) < 4.78 is 25.1. The standard InChI is InChI=1S/C21H34N4O4S/c1-17(2)14-20(26)25-11-7-10-23(3)12-13-24(21(27)15-22-30(4,28)29)16-18-8-5-6-9-19(18)25/h5-6,8-9,17,22H,7,10-16H2,1-4H3. The number of rotatable bonds is 5. The maximum atomic E-state index is 13.0. The van der Waals surface area contributed by atoms with Gasteiger partial charge in [0.15, 0.2) is 0 Å². The molecule has 168 valence electrons. The summed E-state index contributed by atoms with van der Waals surface area (Å²) in [7, 11) is -1.47. The molecule has 2 amide bonds. The van der Waals surface area contributed by atoms with Gasteiger partial charge in [-0.25, -0.2) is 13.1 Å². The molecule has 0 radical (unpaired) electrons. The second kappa shape index (κ2) is 10.9. The van der Waals surface area contributed by atoms with E-state index in [1.807, 2.05) is 50.1 Å². The van der Waals surface area contributed by atoms with Crippen LogP contribution in [0.15, 0.2) is 24.3 Å². The van der Waals surface area contributed by atoms with Gasteiger partial charge in [-0.05, 0) is 37.6 Å². The minimum Gasteiger partial charge on any atom is -0.336 e. The lowest BCUT2D eigenvalue weighted by atomic mass is 10.1. The highest BCUT2D eigenvalue weighted by molar-refractivity contribution is 7.88. The number of hydrogen-bond donors (Lipinski definition) is 1. The molecule has 1 aliphatic heterocycles. The van der Waals surface area contributed by atoms with Gasteiger partial charge in [-0.2, -0.15) is 0 Å². The average molecular weight is 439 g/mol. The molecule has 0 aromatic heterocycles. The fourth-order valence-electron chi connectivity index (χ4n) is 3.45. The van der Waals surface area contributed by atoms with E-state index >= 15 is 0 Å². The van der Waals surface area contributed by atoms with Crippen LogP contribution in [-0.4, -0.2) is 76.1 Å². The molecule has 1 aromatic rings. The van der Waals surface area contributed by atoms with E-state index in [-0.39, 0.29) is 24.3 Å². The first-order valence-electron chi connectivity index (χ1n) is 10.4. The summed E-state index contributed by atoms with van der Waals surface area (Å²) in [6.45, 7) is 6.67. The average Bonchev–Trinajstić information content (AvgIpc) is 2.68. The molecule has 8 nitrogen and oxygen atoms in total. The molecule has 1 N–H and O–H groups in total. The number of carbonyl (C=O) groups excluding carboxylic acids is 2. The van der Waals surface area contributed by atoms with Crippen LogP contribution in [-0.2, 0) is 26.2 Å². The highest BCUT2D eigenvalue weighted by Crippen LogP contribution is 2.24. The van der Waals surface area contributed by atoms with Crippen LogP contribution in [0.25, 0.3) is 0 Å². The first-order valence-corrected chi connectivity index (χ1v) is 12.2. The van der Waals surface area contributed by atoms with E-state index in [0.29, 0.717) is 32.6 Å². The Labute approximate surface area is 180 Å². The fraction of sp³-hybridized carbons (Fsp3) is 0.619. The van der Waals surface area contributed by atoms with Crippen molar-refractivity contribution < 1.29 is 18.0 Å². The van der Waals surface area contributed by atoms with Crippen LogP contribution in [0, 0.1) is 5.92 Å². The molecule has 9 heteroatoms. The number of nitrogens with one attached hydrogen (secondary N) is 1. The zero-order valence-electron chi connectivity index (χ0n) is 18.4. The smallest absolute Gasteiger partial charge is 0.237 e. The number of fused-ring (bicyclic) bond motifs is 1. The zero-order chi connectivity index (χ0) is 22.3. The van der Waals surface area contributed by atoms with Crippen molar-refractivity contribution >= 4 is 27.5 Å². The Morgan fingerprint density at radius 1 is 1.07 bits per heavy atom. The van der Waals surface area contributed by atoms with Gasteiger partial charge in [0.25, 0.3) is 0 Å². The predicted octanol–water partition coefficient (Wildman–Crippen LogP) is 1.28. The molecule has 0 bridgehead atoms. The number of sulfonamides is 1. The lowest BCUT2D eigenvalue weighted by Crippen LogP contribution is -2.42. The summed E-state index contributed by atoms with van der Waals surface area (Å²) in [5.41, 5.74) is 1.70. The largest absolute Gasteiger partial charge is 0.336 e. The Balaban J connectivity index is 2.34. The SMILES string of the molecule is CC(C)CC(=O)N1CCCN(C)CCN(C(=O)CNS(C)(=O)=O)Cc2ccccc21. The van der Waals surface area contributed by atoms with Gasteiger partial charge in [0.05, 0.1) is 12.8 Å². The van der Waals surface area contributed by atoms with Crippen LogP contribution in [0.4, 0.5) is 5.69 Å². The Morgan fingerprint density at radius 3 is 2.43 bits per heavy atom. The molecule has 0 spiro atoms. The summed E-state index contributed by atoms with van der Waals surface area (Å²) in [6, 6.07) is 7.65. The van der Waals surface area contributed by atoms with E-state index in [1.54, 1.807) is 4.90 Å². The minimum atomic E-state index is -3.46. The third-order valence-corrected chi connectivity index (χ3v) is 5.71. The van der Waals surface area contributed by atoms with Crippen LogP contribution < -0.4 is 9.62 Å². The fourth-order valence-corrected chi connectivity index (χ4v) is 3.84. The van der Waals surface area contributed by atoms with Crippen LogP contribution in [0.2, 0.25) is 0 Å². The molecule has 30 heavy (non-hydrogen) atoms. The zero-order valence-corrected chi connectivity index (χ0v) is 19.2. The van der Waals surface area contributed by atoms with Crippen LogP contribution in [0.3, 0.4) is 0 Å². The van der Waals surface area contributed by atoms with Crippen molar-refractivity contribution in [3.05, 3.63) is 29.8 Å². The molecule has 1 aliphatic rings. The van der Waals surface area contributed by atoms with Gasteiger partial charge in [0.2, 0.25) is 21.8 Å². The number of anilines is 1. The number of nitrogens with zero attached hydrogens (tertiary/aromatic N) is 3. The lowest BCUT2D eigenvalue weighted by molar-refractivity contribution is -0.130. The molecule has 1 aromatic carbocycles. The first kappa shape index (κ1) is 24.3. The predicted molar refractivity (Wildman–Crippen MR) is 119 cm³/mol. The molecule has 0 unspecified atom stereocenters. The van der Waals surface area contributed by atoms with E-state index in [0.717, 1.165) is 30.5 Å². The Kier molecular flexibility index (Phi) is 8.81. The molecular formula is C21H34N4O4S. The number of amides is 2. The van der Waals surface area contributed by atoms with E-state index in [9.17, 15) is 18.0 Å². The van der Waals surface area contributed by atoms with Crippen LogP contribution in [0.5, 0.6) is 0 Å². The minimum absolute atomic E-state index is 0.0796. The second-order valence-electron chi connectivity index (χ2n) is 8.34. The van der Waals surface area contributed by atoms with Crippen molar-refractivity contribution in [2.75, 3.05) is 50.9 Å².